The number of nitrogens with zero attached hydrogens (tertiary/aromatic N) is 4. The third-order valence-corrected chi connectivity index (χ3v) is 3.09. The smallest absolute Gasteiger partial charge is 0.137 e. The van der Waals surface area contributed by atoms with Gasteiger partial charge in [-0.15, -0.1) is 0 Å². The van der Waals surface area contributed by atoms with Gasteiger partial charge >= 0.3 is 0 Å². The normalized spacial score (nSPS) is 14.4. The van der Waals surface area contributed by atoms with Gasteiger partial charge in [0.15, 0.2) is 0 Å². The number of rotatable bonds is 2. The van der Waals surface area contributed by atoms with Crippen LogP contribution in [0.15, 0.2) is 18.7 Å². The maximum Gasteiger partial charge on any atom is 0.137 e. The van der Waals surface area contributed by atoms with Gasteiger partial charge in [0.1, 0.15) is 12.1 Å². The maximum atomic E-state index is 4.35. The number of aromatic nitrogens is 4. The van der Waals surface area contributed by atoms with Crippen molar-refractivity contribution in [1.29, 1.82) is 0 Å². The van der Waals surface area contributed by atoms with E-state index >= 15 is 0 Å². The molecule has 3 rings (SSSR count). The van der Waals surface area contributed by atoms with E-state index < -0.39 is 0 Å². The molecule has 5 heteroatoms. The molecule has 0 aliphatic heterocycles. The molecular formula is C12H15N5. The summed E-state index contributed by atoms with van der Waals surface area (Å²) >= 11 is 0. The van der Waals surface area contributed by atoms with Gasteiger partial charge in [0, 0.05) is 24.5 Å². The van der Waals surface area contributed by atoms with Crippen molar-refractivity contribution in [2.24, 2.45) is 7.05 Å². The number of anilines is 2. The van der Waals surface area contributed by atoms with Crippen LogP contribution in [0.2, 0.25) is 0 Å². The molecular weight excluding hydrogens is 214 g/mol. The van der Waals surface area contributed by atoms with Crippen LogP contribution >= 0.6 is 0 Å². The summed E-state index contributed by atoms with van der Waals surface area (Å²) in [7, 11) is 1.90. The molecule has 1 aliphatic carbocycles. The molecule has 0 saturated carbocycles. The summed E-state index contributed by atoms with van der Waals surface area (Å²) in [6, 6.07) is 0. The third-order valence-electron chi connectivity index (χ3n) is 3.09. The van der Waals surface area contributed by atoms with Gasteiger partial charge in [0.2, 0.25) is 0 Å². The molecule has 1 aliphatic rings. The first-order chi connectivity index (χ1) is 8.33. The van der Waals surface area contributed by atoms with Crippen LogP contribution in [0.3, 0.4) is 0 Å². The van der Waals surface area contributed by atoms with Crippen LogP contribution in [0.25, 0.3) is 0 Å². The first-order valence-corrected chi connectivity index (χ1v) is 5.91. The van der Waals surface area contributed by atoms with Crippen molar-refractivity contribution in [3.05, 3.63) is 30.0 Å². The number of hydrogen-bond acceptors (Lipinski definition) is 4. The maximum absolute atomic E-state index is 4.35. The van der Waals surface area contributed by atoms with Gasteiger partial charge in [-0.2, -0.15) is 5.10 Å². The quantitative estimate of drug-likeness (QED) is 0.853. The Kier molecular flexibility index (Phi) is 2.51. The fraction of sp³-hybridized carbons (Fsp3) is 0.417. The first kappa shape index (κ1) is 10.3. The minimum atomic E-state index is 0.933. The van der Waals surface area contributed by atoms with Crippen LogP contribution in [0, 0.1) is 0 Å². The standard InChI is InChI=1S/C12H15N5/c1-17-7-9(6-15-17)16-12-10-4-2-3-5-11(10)13-8-14-12/h6-8H,2-5H2,1H3,(H,13,14,16). The molecule has 5 nitrogen and oxygen atoms in total. The zero-order chi connectivity index (χ0) is 11.7. The van der Waals surface area contributed by atoms with E-state index in [2.05, 4.69) is 20.4 Å². The summed E-state index contributed by atoms with van der Waals surface area (Å²) in [5, 5.41) is 7.45. The monoisotopic (exact) mass is 229 g/mol. The predicted molar refractivity (Wildman–Crippen MR) is 65.2 cm³/mol. The van der Waals surface area contributed by atoms with Gasteiger partial charge in [-0.25, -0.2) is 9.97 Å². The van der Waals surface area contributed by atoms with Crippen molar-refractivity contribution < 1.29 is 0 Å². The van der Waals surface area contributed by atoms with Crippen molar-refractivity contribution in [3.8, 4) is 0 Å². The molecule has 2 aromatic heterocycles. The van der Waals surface area contributed by atoms with E-state index in [1.54, 1.807) is 17.2 Å². The SMILES string of the molecule is Cn1cc(Nc2ncnc3c2CCCC3)cn1. The lowest BCUT2D eigenvalue weighted by Gasteiger charge is -2.17. The molecule has 0 bridgehead atoms. The van der Waals surface area contributed by atoms with Crippen LogP contribution in [0.5, 0.6) is 0 Å². The second-order valence-corrected chi connectivity index (χ2v) is 4.38. The van der Waals surface area contributed by atoms with Crippen molar-refractivity contribution in [3.63, 3.8) is 0 Å². The Bertz CT molecular complexity index is 531. The molecule has 0 saturated heterocycles. The highest BCUT2D eigenvalue weighted by atomic mass is 15.3. The van der Waals surface area contributed by atoms with Gasteiger partial charge in [-0.05, 0) is 25.7 Å². The summed E-state index contributed by atoms with van der Waals surface area (Å²) < 4.78 is 1.77. The number of fused-ring (bicyclic) bond motifs is 1. The Labute approximate surface area is 99.9 Å². The van der Waals surface area contributed by atoms with Crippen LogP contribution < -0.4 is 5.32 Å². The fourth-order valence-corrected chi connectivity index (χ4v) is 2.25. The molecule has 2 heterocycles. The lowest BCUT2D eigenvalue weighted by molar-refractivity contribution is 0.664. The number of hydrogen-bond donors (Lipinski definition) is 1. The van der Waals surface area contributed by atoms with Crippen LogP contribution in [0.1, 0.15) is 24.1 Å². The molecule has 0 atom stereocenters. The lowest BCUT2D eigenvalue weighted by atomic mass is 9.96. The Morgan fingerprint density at radius 3 is 2.94 bits per heavy atom. The molecule has 17 heavy (non-hydrogen) atoms. The minimum Gasteiger partial charge on any atom is -0.337 e. The van der Waals surface area contributed by atoms with E-state index in [0.717, 1.165) is 24.3 Å². The summed E-state index contributed by atoms with van der Waals surface area (Å²) in [6.07, 6.45) is 9.98. The fourth-order valence-electron chi connectivity index (χ4n) is 2.25. The summed E-state index contributed by atoms with van der Waals surface area (Å²) in [4.78, 5) is 8.69. The Hall–Kier alpha value is -1.91. The largest absolute Gasteiger partial charge is 0.337 e. The van der Waals surface area contributed by atoms with E-state index in [4.69, 9.17) is 0 Å². The number of nitrogens with one attached hydrogen (secondary N) is 1. The molecule has 0 amide bonds. The highest BCUT2D eigenvalue weighted by Crippen LogP contribution is 2.26. The lowest BCUT2D eigenvalue weighted by Crippen LogP contribution is -2.09. The molecule has 0 spiro atoms. The zero-order valence-corrected chi connectivity index (χ0v) is 9.85. The van der Waals surface area contributed by atoms with Crippen molar-refractivity contribution in [1.82, 2.24) is 19.7 Å². The first-order valence-electron chi connectivity index (χ1n) is 5.91. The van der Waals surface area contributed by atoms with Crippen LogP contribution in [-0.4, -0.2) is 19.7 Å². The van der Waals surface area contributed by atoms with Gasteiger partial charge < -0.3 is 5.32 Å². The molecule has 88 valence electrons. The molecule has 0 unspecified atom stereocenters. The molecule has 2 aromatic rings. The Balaban J connectivity index is 1.92. The summed E-state index contributed by atoms with van der Waals surface area (Å²) in [5.74, 6) is 0.933. The molecule has 0 fully saturated rings. The highest BCUT2D eigenvalue weighted by molar-refractivity contribution is 5.58. The Morgan fingerprint density at radius 1 is 1.24 bits per heavy atom. The summed E-state index contributed by atoms with van der Waals surface area (Å²) in [5.41, 5.74) is 3.43. The van der Waals surface area contributed by atoms with Crippen LogP contribution in [0.4, 0.5) is 11.5 Å². The van der Waals surface area contributed by atoms with Crippen LogP contribution in [-0.2, 0) is 19.9 Å². The zero-order valence-electron chi connectivity index (χ0n) is 9.85. The molecule has 0 radical (unpaired) electrons. The van der Waals surface area contributed by atoms with Crippen molar-refractivity contribution in [2.45, 2.75) is 25.7 Å². The average molecular weight is 229 g/mol. The van der Waals surface area contributed by atoms with Gasteiger partial charge in [0.25, 0.3) is 0 Å². The van der Waals surface area contributed by atoms with E-state index in [-0.39, 0.29) is 0 Å². The van der Waals surface area contributed by atoms with E-state index in [1.807, 2.05) is 13.2 Å². The predicted octanol–water partition coefficient (Wildman–Crippen LogP) is 1.83. The van der Waals surface area contributed by atoms with Crippen molar-refractivity contribution in [2.75, 3.05) is 5.32 Å². The Morgan fingerprint density at radius 2 is 2.12 bits per heavy atom. The van der Waals surface area contributed by atoms with Crippen molar-refractivity contribution >= 4 is 11.5 Å². The van der Waals surface area contributed by atoms with Gasteiger partial charge in [-0.3, -0.25) is 4.68 Å². The van der Waals surface area contributed by atoms with E-state index in [1.165, 1.54) is 24.1 Å². The highest BCUT2D eigenvalue weighted by Gasteiger charge is 2.15. The minimum absolute atomic E-state index is 0.933. The second-order valence-electron chi connectivity index (χ2n) is 4.38. The third kappa shape index (κ3) is 2.00. The molecule has 0 aromatic carbocycles. The summed E-state index contributed by atoms with van der Waals surface area (Å²) in [6.45, 7) is 0. The van der Waals surface area contributed by atoms with E-state index in [0.29, 0.717) is 0 Å². The molecule has 1 N–H and O–H groups in total. The average Bonchev–Trinajstić information content (AvgIpc) is 2.75. The van der Waals surface area contributed by atoms with Gasteiger partial charge in [-0.1, -0.05) is 0 Å². The van der Waals surface area contributed by atoms with Gasteiger partial charge in [0.05, 0.1) is 11.9 Å². The second kappa shape index (κ2) is 4.16. The topological polar surface area (TPSA) is 55.6 Å². The number of aryl methyl sites for hydroxylation is 2. The van der Waals surface area contributed by atoms with E-state index in [9.17, 15) is 0 Å².